The van der Waals surface area contributed by atoms with E-state index >= 15 is 0 Å². The summed E-state index contributed by atoms with van der Waals surface area (Å²) in [5, 5.41) is 0. The molecule has 4 unspecified atom stereocenters. The number of hydrogen-bond donors (Lipinski definition) is 1. The van der Waals surface area contributed by atoms with Gasteiger partial charge < -0.3 is 28.6 Å². The van der Waals surface area contributed by atoms with E-state index in [2.05, 4.69) is 14.1 Å². The molecule has 0 radical (unpaired) electrons. The zero-order valence-electron chi connectivity index (χ0n) is 20.4. The second kappa shape index (κ2) is 16.0. The van der Waals surface area contributed by atoms with Crippen LogP contribution in [0.2, 0.25) is 0 Å². The Hall–Kier alpha value is -1.71. The molecule has 1 aliphatic heterocycles. The highest BCUT2D eigenvalue weighted by molar-refractivity contribution is 5.71. The maximum atomic E-state index is 12.3. The average Bonchev–Trinajstić information content (AvgIpc) is 2.71. The lowest BCUT2D eigenvalue weighted by Crippen LogP contribution is -3.05. The van der Waals surface area contributed by atoms with Crippen LogP contribution in [0.3, 0.4) is 0 Å². The summed E-state index contributed by atoms with van der Waals surface area (Å²) in [5.74, 6) is -1.30. The van der Waals surface area contributed by atoms with Crippen molar-refractivity contribution in [2.24, 2.45) is 0 Å². The van der Waals surface area contributed by atoms with Crippen LogP contribution >= 0.6 is 0 Å². The molecule has 9 heteroatoms. The minimum absolute atomic E-state index is 0.00608. The van der Waals surface area contributed by atoms with Gasteiger partial charge in [0.1, 0.15) is 0 Å². The van der Waals surface area contributed by atoms with Gasteiger partial charge in [-0.2, -0.15) is 0 Å². The van der Waals surface area contributed by atoms with Crippen molar-refractivity contribution in [2.75, 3.05) is 33.9 Å². The molecule has 0 amide bonds. The van der Waals surface area contributed by atoms with Gasteiger partial charge >= 0.3 is 17.9 Å². The summed E-state index contributed by atoms with van der Waals surface area (Å²) in [7, 11) is 4.17. The molecule has 0 aliphatic carbocycles. The van der Waals surface area contributed by atoms with Crippen LogP contribution in [0, 0.1) is 0 Å². The first-order chi connectivity index (χ1) is 15.3. The number of quaternary nitrogens is 1. The lowest BCUT2D eigenvalue weighted by Gasteiger charge is -2.40. The number of carbonyl (C=O) groups excluding carboxylic acids is 3. The summed E-state index contributed by atoms with van der Waals surface area (Å²) in [6.07, 6.45) is 0.527. The van der Waals surface area contributed by atoms with Gasteiger partial charge in [-0.3, -0.25) is 14.4 Å². The van der Waals surface area contributed by atoms with E-state index < -0.39 is 42.5 Å². The number of nitrogens with one attached hydrogen (secondary N) is 1. The summed E-state index contributed by atoms with van der Waals surface area (Å²) in [6, 6.07) is 0. The SMILES string of the molecule is CCCC(=O)OC1COC(OCCCC[NH+](C)C)C(OC(=O)CCC)C1OC(=O)CCC. The van der Waals surface area contributed by atoms with Crippen LogP contribution < -0.4 is 4.90 Å². The molecular weight excluding hydrogens is 418 g/mol. The van der Waals surface area contributed by atoms with Gasteiger partial charge in [0.05, 0.1) is 33.9 Å². The molecule has 0 saturated carbocycles. The van der Waals surface area contributed by atoms with Crippen LogP contribution in [-0.4, -0.2) is 76.4 Å². The molecule has 1 heterocycles. The van der Waals surface area contributed by atoms with E-state index in [-0.39, 0.29) is 25.9 Å². The van der Waals surface area contributed by atoms with Crippen LogP contribution in [0.15, 0.2) is 0 Å². The summed E-state index contributed by atoms with van der Waals surface area (Å²) in [4.78, 5) is 38.1. The lowest BCUT2D eigenvalue weighted by molar-refractivity contribution is -0.858. The fourth-order valence-electron chi connectivity index (χ4n) is 3.30. The topological polar surface area (TPSA) is 102 Å². The average molecular weight is 461 g/mol. The summed E-state index contributed by atoms with van der Waals surface area (Å²) >= 11 is 0. The van der Waals surface area contributed by atoms with E-state index in [1.54, 1.807) is 0 Å². The molecule has 0 aromatic carbocycles. The molecule has 1 fully saturated rings. The molecule has 0 bridgehead atoms. The van der Waals surface area contributed by atoms with Crippen molar-refractivity contribution < 1.29 is 43.0 Å². The maximum Gasteiger partial charge on any atom is 0.306 e. The van der Waals surface area contributed by atoms with Gasteiger partial charge in [0, 0.05) is 19.3 Å². The van der Waals surface area contributed by atoms with Gasteiger partial charge in [0.25, 0.3) is 0 Å². The third-order valence-corrected chi connectivity index (χ3v) is 4.92. The number of carbonyl (C=O) groups is 3. The number of unbranched alkanes of at least 4 members (excludes halogenated alkanes) is 1. The van der Waals surface area contributed by atoms with Crippen molar-refractivity contribution in [3.63, 3.8) is 0 Å². The Morgan fingerprint density at radius 2 is 1.34 bits per heavy atom. The number of hydrogen-bond acceptors (Lipinski definition) is 8. The van der Waals surface area contributed by atoms with Gasteiger partial charge in [-0.1, -0.05) is 20.8 Å². The van der Waals surface area contributed by atoms with Gasteiger partial charge in [0.2, 0.25) is 0 Å². The lowest BCUT2D eigenvalue weighted by atomic mass is 10.0. The summed E-state index contributed by atoms with van der Waals surface area (Å²) < 4.78 is 28.5. The Balaban J connectivity index is 2.97. The predicted octanol–water partition coefficient (Wildman–Crippen LogP) is 1.42. The molecule has 0 aromatic rings. The number of rotatable bonds is 15. The maximum absolute atomic E-state index is 12.3. The molecule has 32 heavy (non-hydrogen) atoms. The van der Waals surface area contributed by atoms with Crippen LogP contribution in [0.5, 0.6) is 0 Å². The van der Waals surface area contributed by atoms with Gasteiger partial charge in [-0.05, 0) is 32.1 Å². The van der Waals surface area contributed by atoms with Gasteiger partial charge in [-0.15, -0.1) is 0 Å². The fraction of sp³-hybridized carbons (Fsp3) is 0.870. The van der Waals surface area contributed by atoms with Crippen molar-refractivity contribution in [3.05, 3.63) is 0 Å². The number of esters is 3. The Morgan fingerprint density at radius 1 is 0.812 bits per heavy atom. The Kier molecular flexibility index (Phi) is 14.2. The van der Waals surface area contributed by atoms with Crippen LogP contribution in [0.1, 0.15) is 72.1 Å². The van der Waals surface area contributed by atoms with E-state index in [0.29, 0.717) is 25.9 Å². The first kappa shape index (κ1) is 28.3. The molecule has 1 N–H and O–H groups in total. The van der Waals surface area contributed by atoms with Gasteiger partial charge in [-0.25, -0.2) is 0 Å². The van der Waals surface area contributed by atoms with Crippen molar-refractivity contribution >= 4 is 17.9 Å². The van der Waals surface area contributed by atoms with E-state index in [9.17, 15) is 14.4 Å². The largest absolute Gasteiger partial charge is 0.456 e. The highest BCUT2D eigenvalue weighted by atomic mass is 16.7. The van der Waals surface area contributed by atoms with Crippen molar-refractivity contribution in [1.82, 2.24) is 0 Å². The standard InChI is InChI=1S/C23H41NO8/c1-6-11-18(25)30-17-16-29-23(28-15-10-9-14-24(4)5)22(32-20(27)13-8-3)21(17)31-19(26)12-7-2/h17,21-23H,6-16H2,1-5H3/p+1. The van der Waals surface area contributed by atoms with Crippen LogP contribution in [0.4, 0.5) is 0 Å². The first-order valence-corrected chi connectivity index (χ1v) is 11.9. The summed E-state index contributed by atoms with van der Waals surface area (Å²) in [5.41, 5.74) is 0. The molecule has 0 spiro atoms. The van der Waals surface area contributed by atoms with E-state index in [1.807, 2.05) is 20.8 Å². The van der Waals surface area contributed by atoms with E-state index in [0.717, 1.165) is 19.4 Å². The first-order valence-electron chi connectivity index (χ1n) is 11.9. The minimum atomic E-state index is -1.01. The quantitative estimate of drug-likeness (QED) is 0.222. The third kappa shape index (κ3) is 10.7. The fourth-order valence-corrected chi connectivity index (χ4v) is 3.30. The predicted molar refractivity (Wildman–Crippen MR) is 117 cm³/mol. The normalized spacial score (nSPS) is 23.1. The van der Waals surface area contributed by atoms with Crippen LogP contribution in [-0.2, 0) is 38.1 Å². The smallest absolute Gasteiger partial charge is 0.306 e. The third-order valence-electron chi connectivity index (χ3n) is 4.92. The van der Waals surface area contributed by atoms with Crippen LogP contribution in [0.25, 0.3) is 0 Å². The number of ether oxygens (including phenoxy) is 5. The zero-order valence-corrected chi connectivity index (χ0v) is 20.4. The monoisotopic (exact) mass is 460 g/mol. The van der Waals surface area contributed by atoms with E-state index in [4.69, 9.17) is 23.7 Å². The Morgan fingerprint density at radius 3 is 1.88 bits per heavy atom. The van der Waals surface area contributed by atoms with Crippen molar-refractivity contribution in [3.8, 4) is 0 Å². The molecule has 1 aliphatic rings. The molecule has 4 atom stereocenters. The molecule has 1 rings (SSSR count). The molecule has 9 nitrogen and oxygen atoms in total. The van der Waals surface area contributed by atoms with E-state index in [1.165, 1.54) is 4.90 Å². The highest BCUT2D eigenvalue weighted by Gasteiger charge is 2.48. The second-order valence-corrected chi connectivity index (χ2v) is 8.42. The second-order valence-electron chi connectivity index (χ2n) is 8.42. The van der Waals surface area contributed by atoms with Gasteiger partial charge in [0.15, 0.2) is 24.6 Å². The zero-order chi connectivity index (χ0) is 23.9. The summed E-state index contributed by atoms with van der Waals surface area (Å²) in [6.45, 7) is 7.02. The minimum Gasteiger partial charge on any atom is -0.456 e. The molecule has 186 valence electrons. The van der Waals surface area contributed by atoms with Crippen molar-refractivity contribution in [2.45, 2.75) is 96.7 Å². The Bertz CT molecular complexity index is 568. The molecule has 0 aromatic heterocycles. The molecule has 1 saturated heterocycles. The van der Waals surface area contributed by atoms with Crippen molar-refractivity contribution in [1.29, 1.82) is 0 Å². The Labute approximate surface area is 192 Å². The highest BCUT2D eigenvalue weighted by Crippen LogP contribution is 2.26. The molecular formula is C23H42NO8+.